The Hall–Kier alpha value is -1.79. The van der Waals surface area contributed by atoms with E-state index in [-0.39, 0.29) is 5.92 Å². The van der Waals surface area contributed by atoms with Crippen molar-refractivity contribution in [3.63, 3.8) is 0 Å². The smallest absolute Gasteiger partial charge is 0.267 e. The van der Waals surface area contributed by atoms with Crippen LogP contribution in [0.25, 0.3) is 0 Å². The molecule has 1 aliphatic carbocycles. The molecule has 1 amide bonds. The molecule has 1 heterocycles. The molecule has 2 rings (SSSR count). The van der Waals surface area contributed by atoms with Crippen molar-refractivity contribution in [2.24, 2.45) is 11.8 Å². The summed E-state index contributed by atoms with van der Waals surface area (Å²) < 4.78 is 0. The minimum atomic E-state index is -0.493. The zero-order chi connectivity index (χ0) is 17.5. The molecule has 0 aromatic carbocycles. The third-order valence-corrected chi connectivity index (χ3v) is 4.36. The minimum Gasteiger partial charge on any atom is -0.367 e. The molecule has 4 N–H and O–H groups in total. The molecule has 6 nitrogen and oxygen atoms in total. The maximum Gasteiger partial charge on any atom is 0.267 e. The first-order valence-electron chi connectivity index (χ1n) is 8.82. The Balaban J connectivity index is 2.04. The number of carbonyl (C=O) groups is 1. The van der Waals surface area contributed by atoms with E-state index in [0.29, 0.717) is 12.1 Å². The van der Waals surface area contributed by atoms with Crippen LogP contribution in [0.2, 0.25) is 0 Å². The van der Waals surface area contributed by atoms with Crippen molar-refractivity contribution in [2.45, 2.75) is 39.8 Å². The van der Waals surface area contributed by atoms with Crippen molar-refractivity contribution in [3.05, 3.63) is 35.7 Å². The van der Waals surface area contributed by atoms with Gasteiger partial charge in [-0.1, -0.05) is 32.9 Å². The number of hydrogen-bond donors (Lipinski definition) is 4. The molecule has 0 fully saturated rings. The normalized spacial score (nSPS) is 23.1. The first-order valence-corrected chi connectivity index (χ1v) is 8.82. The lowest BCUT2D eigenvalue weighted by Crippen LogP contribution is -2.41. The van der Waals surface area contributed by atoms with E-state index in [2.05, 4.69) is 48.5 Å². The summed E-state index contributed by atoms with van der Waals surface area (Å²) in [5.41, 5.74) is 4.14. The highest BCUT2D eigenvalue weighted by Gasteiger charge is 2.32. The van der Waals surface area contributed by atoms with Gasteiger partial charge in [0.05, 0.1) is 11.9 Å². The van der Waals surface area contributed by atoms with E-state index in [1.54, 1.807) is 5.48 Å². The van der Waals surface area contributed by atoms with E-state index in [4.69, 9.17) is 5.21 Å². The Labute approximate surface area is 144 Å². The summed E-state index contributed by atoms with van der Waals surface area (Å²) in [7, 11) is 0. The maximum absolute atomic E-state index is 11.1. The van der Waals surface area contributed by atoms with Crippen LogP contribution >= 0.6 is 0 Å². The molecule has 0 radical (unpaired) electrons. The van der Waals surface area contributed by atoms with Gasteiger partial charge in [-0.15, -0.1) is 0 Å². The minimum absolute atomic E-state index is 0.168. The molecule has 0 bridgehead atoms. The van der Waals surface area contributed by atoms with Crippen molar-refractivity contribution in [3.8, 4) is 0 Å². The van der Waals surface area contributed by atoms with Gasteiger partial charge >= 0.3 is 0 Å². The van der Waals surface area contributed by atoms with E-state index in [1.165, 1.54) is 17.5 Å². The van der Waals surface area contributed by atoms with E-state index >= 15 is 0 Å². The van der Waals surface area contributed by atoms with Crippen molar-refractivity contribution in [2.75, 3.05) is 19.6 Å². The highest BCUT2D eigenvalue weighted by molar-refractivity contribution is 5.86. The average molecular weight is 334 g/mol. The fourth-order valence-electron chi connectivity index (χ4n) is 3.24. The average Bonchev–Trinajstić information content (AvgIpc) is 2.88. The van der Waals surface area contributed by atoms with Crippen molar-refractivity contribution < 1.29 is 10.0 Å². The largest absolute Gasteiger partial charge is 0.367 e. The Kier molecular flexibility index (Phi) is 6.87. The summed E-state index contributed by atoms with van der Waals surface area (Å²) >= 11 is 0. The van der Waals surface area contributed by atoms with E-state index in [1.807, 2.05) is 6.08 Å². The van der Waals surface area contributed by atoms with Crippen LogP contribution in [0.3, 0.4) is 0 Å². The van der Waals surface area contributed by atoms with E-state index in [0.717, 1.165) is 32.5 Å². The van der Waals surface area contributed by atoms with Gasteiger partial charge in [0.1, 0.15) is 0 Å². The van der Waals surface area contributed by atoms with Gasteiger partial charge < -0.3 is 15.5 Å². The zero-order valence-corrected chi connectivity index (χ0v) is 14.9. The number of hydrogen-bond acceptors (Lipinski definition) is 5. The molecule has 134 valence electrons. The van der Waals surface area contributed by atoms with Gasteiger partial charge in [-0.05, 0) is 31.4 Å². The summed E-state index contributed by atoms with van der Waals surface area (Å²) in [6.07, 6.45) is 9.77. The summed E-state index contributed by atoms with van der Waals surface area (Å²) in [5.74, 6) is 0.299. The van der Waals surface area contributed by atoms with Crippen LogP contribution in [0.4, 0.5) is 0 Å². The van der Waals surface area contributed by atoms with Crippen LogP contribution in [0.1, 0.15) is 33.6 Å². The monoisotopic (exact) mass is 334 g/mol. The summed E-state index contributed by atoms with van der Waals surface area (Å²) in [5, 5.41) is 15.6. The predicted octanol–water partition coefficient (Wildman–Crippen LogP) is 1.72. The predicted molar refractivity (Wildman–Crippen MR) is 95.0 cm³/mol. The summed E-state index contributed by atoms with van der Waals surface area (Å²) in [4.78, 5) is 13.6. The Morgan fingerprint density at radius 2 is 2.33 bits per heavy atom. The quantitative estimate of drug-likeness (QED) is 0.235. The Morgan fingerprint density at radius 1 is 1.54 bits per heavy atom. The van der Waals surface area contributed by atoms with Gasteiger partial charge in [0.2, 0.25) is 0 Å². The topological polar surface area (TPSA) is 76.6 Å². The molecule has 0 saturated heterocycles. The molecule has 0 spiro atoms. The molecule has 2 unspecified atom stereocenters. The van der Waals surface area contributed by atoms with Crippen LogP contribution < -0.4 is 16.1 Å². The molecule has 1 aliphatic heterocycles. The van der Waals surface area contributed by atoms with Gasteiger partial charge in [0.25, 0.3) is 5.91 Å². The summed E-state index contributed by atoms with van der Waals surface area (Å²) in [6.45, 7) is 9.55. The standard InChI is InChI=1S/C18H30N4O2/c1-4-19-9-10-22-16-7-5-14(6-8-18(23)21-24)12-15(16)20-17(22)11-13(2)3/h5-8,13-14,17,19-20,24H,4,9-12H2,1-3H3,(H,21,23)/b8-6+. The lowest BCUT2D eigenvalue weighted by atomic mass is 9.96. The number of hydroxylamine groups is 1. The van der Waals surface area contributed by atoms with Crippen LogP contribution in [0.5, 0.6) is 0 Å². The highest BCUT2D eigenvalue weighted by atomic mass is 16.5. The fraction of sp³-hybridized carbons (Fsp3) is 0.611. The van der Waals surface area contributed by atoms with Crippen LogP contribution in [0, 0.1) is 11.8 Å². The van der Waals surface area contributed by atoms with E-state index < -0.39 is 5.91 Å². The van der Waals surface area contributed by atoms with Crippen LogP contribution in [-0.2, 0) is 4.79 Å². The lowest BCUT2D eigenvalue weighted by molar-refractivity contribution is -0.124. The van der Waals surface area contributed by atoms with Crippen molar-refractivity contribution in [1.82, 2.24) is 21.0 Å². The van der Waals surface area contributed by atoms with Crippen LogP contribution in [0.15, 0.2) is 35.7 Å². The maximum atomic E-state index is 11.1. The SMILES string of the molecule is CCNCCN1C2=C(CC(/C=C/C(=O)NO)C=C2)NC1CC(C)C. The van der Waals surface area contributed by atoms with Crippen molar-refractivity contribution >= 4 is 5.91 Å². The molecule has 24 heavy (non-hydrogen) atoms. The molecule has 2 atom stereocenters. The number of likely N-dealkylation sites (N-methyl/N-ethyl adjacent to an activating group) is 1. The number of carbonyl (C=O) groups excluding carboxylic acids is 1. The van der Waals surface area contributed by atoms with Crippen molar-refractivity contribution in [1.29, 1.82) is 0 Å². The number of nitrogens with one attached hydrogen (secondary N) is 3. The summed E-state index contributed by atoms with van der Waals surface area (Å²) in [6, 6.07) is 0. The Morgan fingerprint density at radius 3 is 3.00 bits per heavy atom. The second-order valence-electron chi connectivity index (χ2n) is 6.76. The first-order chi connectivity index (χ1) is 11.5. The second-order valence-corrected chi connectivity index (χ2v) is 6.76. The fourth-order valence-corrected chi connectivity index (χ4v) is 3.24. The van der Waals surface area contributed by atoms with Crippen LogP contribution in [-0.4, -0.2) is 41.8 Å². The zero-order valence-electron chi connectivity index (χ0n) is 14.9. The molecule has 0 saturated carbocycles. The third-order valence-electron chi connectivity index (χ3n) is 4.36. The van der Waals surface area contributed by atoms with Gasteiger partial charge in [0, 0.05) is 30.8 Å². The molecular formula is C18H30N4O2. The molecule has 6 heteroatoms. The molecular weight excluding hydrogens is 304 g/mol. The van der Waals surface area contributed by atoms with Gasteiger partial charge in [-0.25, -0.2) is 5.48 Å². The Bertz CT molecular complexity index is 525. The third kappa shape index (κ3) is 4.85. The number of nitrogens with zero attached hydrogens (tertiary/aromatic N) is 1. The van der Waals surface area contributed by atoms with Gasteiger partial charge in [0.15, 0.2) is 0 Å². The number of rotatable bonds is 8. The highest BCUT2D eigenvalue weighted by Crippen LogP contribution is 2.32. The second kappa shape index (κ2) is 8.89. The van der Waals surface area contributed by atoms with Gasteiger partial charge in [-0.3, -0.25) is 10.0 Å². The van der Waals surface area contributed by atoms with Gasteiger partial charge in [-0.2, -0.15) is 0 Å². The first kappa shape index (κ1) is 18.5. The number of allylic oxidation sites excluding steroid dienone is 4. The molecule has 2 aliphatic rings. The molecule has 0 aromatic rings. The lowest BCUT2D eigenvalue weighted by Gasteiger charge is -2.29. The number of amides is 1. The van der Waals surface area contributed by atoms with E-state index in [9.17, 15) is 4.79 Å². The molecule has 0 aromatic heterocycles.